The van der Waals surface area contributed by atoms with Crippen molar-refractivity contribution < 1.29 is 23.6 Å². The van der Waals surface area contributed by atoms with Crippen molar-refractivity contribution >= 4 is 19.4 Å². The molecule has 0 heterocycles. The van der Waals surface area contributed by atoms with E-state index < -0.39 is 13.9 Å². The van der Waals surface area contributed by atoms with Crippen LogP contribution in [-0.2, 0) is 13.8 Å². The van der Waals surface area contributed by atoms with Crippen LogP contribution in [0.15, 0.2) is 24.3 Å². The highest BCUT2D eigenvalue weighted by molar-refractivity contribution is 7.46. The van der Waals surface area contributed by atoms with Crippen LogP contribution in [0, 0.1) is 0 Å². The molecule has 1 unspecified atom stereocenters. The van der Waals surface area contributed by atoms with Crippen LogP contribution in [0.5, 0.6) is 0 Å². The van der Waals surface area contributed by atoms with Crippen LogP contribution < -0.4 is 0 Å². The first-order valence-corrected chi connectivity index (χ1v) is 14.9. The Balaban J connectivity index is 2.03. The number of hydrogen-bond acceptors (Lipinski definition) is 3. The molecular formula is C26H46ClO5P. The normalized spacial score (nSPS) is 12.8. The topological polar surface area (TPSA) is 76.0 Å². The predicted molar refractivity (Wildman–Crippen MR) is 138 cm³/mol. The Hall–Kier alpha value is -0.420. The lowest BCUT2D eigenvalue weighted by Crippen LogP contribution is -2.12. The lowest BCUT2D eigenvalue weighted by molar-refractivity contribution is 0.00907. The van der Waals surface area contributed by atoms with Crippen LogP contribution in [0.1, 0.15) is 121 Å². The van der Waals surface area contributed by atoms with Gasteiger partial charge in [0.25, 0.3) is 0 Å². The SMILES string of the molecule is CCCCCCCCCCCCCCCCCCOC(COP(=O)(O)O)c1ccccc1Cl. The Kier molecular flexibility index (Phi) is 18.4. The molecule has 0 aliphatic heterocycles. The van der Waals surface area contributed by atoms with E-state index in [4.69, 9.17) is 26.1 Å². The molecule has 2 N–H and O–H groups in total. The standard InChI is InChI=1S/C26H46ClO5P/c1-2-3-4-5-6-7-8-9-10-11-12-13-14-15-16-19-22-31-26(23-32-33(28,29)30)24-20-17-18-21-25(24)27/h17-18,20-21,26H,2-16,19,22-23H2,1H3,(H2,28,29,30). The number of ether oxygens (including phenoxy) is 1. The van der Waals surface area contributed by atoms with Gasteiger partial charge in [0.05, 0.1) is 6.61 Å². The second-order valence-corrected chi connectivity index (χ2v) is 10.6. The Morgan fingerprint density at radius 2 is 1.24 bits per heavy atom. The number of phosphoric acid groups is 1. The molecule has 5 nitrogen and oxygen atoms in total. The highest BCUT2D eigenvalue weighted by atomic mass is 35.5. The first-order chi connectivity index (χ1) is 15.9. The van der Waals surface area contributed by atoms with Crippen molar-refractivity contribution in [2.24, 2.45) is 0 Å². The molecule has 0 spiro atoms. The fourth-order valence-corrected chi connectivity index (χ4v) is 4.59. The zero-order chi connectivity index (χ0) is 24.2. The minimum atomic E-state index is -4.56. The largest absolute Gasteiger partial charge is 0.469 e. The van der Waals surface area contributed by atoms with Gasteiger partial charge in [0.1, 0.15) is 6.10 Å². The number of hydrogen-bond donors (Lipinski definition) is 2. The number of phosphoric ester groups is 1. The molecule has 0 aliphatic carbocycles. The van der Waals surface area contributed by atoms with Crippen molar-refractivity contribution in [3.8, 4) is 0 Å². The van der Waals surface area contributed by atoms with Crippen LogP contribution >= 0.6 is 19.4 Å². The zero-order valence-corrected chi connectivity index (χ0v) is 22.2. The van der Waals surface area contributed by atoms with E-state index in [1.165, 1.54) is 89.9 Å². The molecule has 0 aliphatic rings. The minimum Gasteiger partial charge on any atom is -0.371 e. The van der Waals surface area contributed by atoms with Gasteiger partial charge in [0.15, 0.2) is 0 Å². The third kappa shape index (κ3) is 17.6. The minimum absolute atomic E-state index is 0.229. The van der Waals surface area contributed by atoms with Crippen LogP contribution in [0.2, 0.25) is 5.02 Å². The molecule has 33 heavy (non-hydrogen) atoms. The summed E-state index contributed by atoms with van der Waals surface area (Å²) in [5.74, 6) is 0. The molecule has 0 aromatic heterocycles. The van der Waals surface area contributed by atoms with Gasteiger partial charge in [0, 0.05) is 17.2 Å². The number of unbranched alkanes of at least 4 members (excludes halogenated alkanes) is 15. The van der Waals surface area contributed by atoms with Gasteiger partial charge in [-0.25, -0.2) is 4.57 Å². The third-order valence-electron chi connectivity index (χ3n) is 5.96. The molecule has 0 bridgehead atoms. The lowest BCUT2D eigenvalue weighted by Gasteiger charge is -2.20. The summed E-state index contributed by atoms with van der Waals surface area (Å²) in [6.07, 6.45) is 20.4. The summed E-state index contributed by atoms with van der Waals surface area (Å²) in [6.45, 7) is 2.55. The monoisotopic (exact) mass is 504 g/mol. The summed E-state index contributed by atoms with van der Waals surface area (Å²) in [6, 6.07) is 7.16. The summed E-state index contributed by atoms with van der Waals surface area (Å²) in [7, 11) is -4.56. The van der Waals surface area contributed by atoms with E-state index in [2.05, 4.69) is 11.4 Å². The molecule has 192 valence electrons. The quantitative estimate of drug-likeness (QED) is 0.122. The van der Waals surface area contributed by atoms with E-state index in [0.29, 0.717) is 17.2 Å². The Morgan fingerprint density at radius 1 is 0.788 bits per heavy atom. The van der Waals surface area contributed by atoms with Gasteiger partial charge in [-0.1, -0.05) is 133 Å². The van der Waals surface area contributed by atoms with Crippen molar-refractivity contribution in [2.45, 2.75) is 116 Å². The average Bonchev–Trinajstić information content (AvgIpc) is 2.78. The molecule has 0 saturated carbocycles. The second-order valence-electron chi connectivity index (χ2n) is 8.97. The number of benzene rings is 1. The summed E-state index contributed by atoms with van der Waals surface area (Å²) < 4.78 is 21.6. The van der Waals surface area contributed by atoms with Gasteiger partial charge in [0.2, 0.25) is 0 Å². The Bertz CT molecular complexity index is 637. The van der Waals surface area contributed by atoms with Crippen LogP contribution in [0.4, 0.5) is 0 Å². The van der Waals surface area contributed by atoms with Crippen molar-refractivity contribution in [1.82, 2.24) is 0 Å². The highest BCUT2D eigenvalue weighted by Crippen LogP contribution is 2.38. The maximum absolute atomic E-state index is 11.1. The molecule has 0 amide bonds. The van der Waals surface area contributed by atoms with Crippen molar-refractivity contribution in [2.75, 3.05) is 13.2 Å². The van der Waals surface area contributed by atoms with Gasteiger partial charge >= 0.3 is 7.82 Å². The van der Waals surface area contributed by atoms with E-state index in [-0.39, 0.29) is 6.61 Å². The van der Waals surface area contributed by atoms with Gasteiger partial charge in [-0.15, -0.1) is 0 Å². The average molecular weight is 505 g/mol. The molecule has 0 saturated heterocycles. The molecule has 0 fully saturated rings. The molecule has 1 rings (SSSR count). The van der Waals surface area contributed by atoms with E-state index in [0.717, 1.165) is 12.8 Å². The Morgan fingerprint density at radius 3 is 1.70 bits per heavy atom. The molecule has 1 atom stereocenters. The fourth-order valence-electron chi connectivity index (χ4n) is 4.00. The van der Waals surface area contributed by atoms with Crippen LogP contribution in [-0.4, -0.2) is 23.0 Å². The third-order valence-corrected chi connectivity index (χ3v) is 6.79. The van der Waals surface area contributed by atoms with Crippen molar-refractivity contribution in [3.05, 3.63) is 34.9 Å². The summed E-state index contributed by atoms with van der Waals surface area (Å²) >= 11 is 6.22. The predicted octanol–water partition coefficient (Wildman–Crippen LogP) is 8.77. The smallest absolute Gasteiger partial charge is 0.371 e. The molecule has 1 aromatic rings. The van der Waals surface area contributed by atoms with E-state index in [1.54, 1.807) is 12.1 Å². The fraction of sp³-hybridized carbons (Fsp3) is 0.769. The summed E-state index contributed by atoms with van der Waals surface area (Å²) in [5, 5.41) is 0.504. The summed E-state index contributed by atoms with van der Waals surface area (Å²) in [5.41, 5.74) is 0.684. The molecule has 0 radical (unpaired) electrons. The summed E-state index contributed by atoms with van der Waals surface area (Å²) in [4.78, 5) is 18.0. The van der Waals surface area contributed by atoms with E-state index in [9.17, 15) is 4.57 Å². The van der Waals surface area contributed by atoms with Crippen molar-refractivity contribution in [3.63, 3.8) is 0 Å². The highest BCUT2D eigenvalue weighted by Gasteiger charge is 2.21. The first-order valence-electron chi connectivity index (χ1n) is 13.0. The number of rotatable bonds is 22. The van der Waals surface area contributed by atoms with Gasteiger partial charge in [-0.2, -0.15) is 0 Å². The van der Waals surface area contributed by atoms with Crippen LogP contribution in [0.25, 0.3) is 0 Å². The van der Waals surface area contributed by atoms with Gasteiger partial charge in [-0.3, -0.25) is 4.52 Å². The lowest BCUT2D eigenvalue weighted by atomic mass is 10.0. The number of halogens is 1. The van der Waals surface area contributed by atoms with Gasteiger partial charge < -0.3 is 14.5 Å². The van der Waals surface area contributed by atoms with Crippen LogP contribution in [0.3, 0.4) is 0 Å². The first kappa shape index (κ1) is 30.6. The molecule has 1 aromatic carbocycles. The maximum atomic E-state index is 11.1. The maximum Gasteiger partial charge on any atom is 0.469 e. The van der Waals surface area contributed by atoms with Crippen molar-refractivity contribution in [1.29, 1.82) is 0 Å². The molecular weight excluding hydrogens is 459 g/mol. The Labute approximate surface area is 206 Å². The second kappa shape index (κ2) is 19.8. The zero-order valence-electron chi connectivity index (χ0n) is 20.6. The van der Waals surface area contributed by atoms with E-state index in [1.807, 2.05) is 12.1 Å². The van der Waals surface area contributed by atoms with Gasteiger partial charge in [-0.05, 0) is 12.5 Å². The van der Waals surface area contributed by atoms with E-state index >= 15 is 0 Å². The molecule has 7 heteroatoms.